The van der Waals surface area contributed by atoms with Gasteiger partial charge in [-0.25, -0.2) is 0 Å². The fourth-order valence-electron chi connectivity index (χ4n) is 0.552. The van der Waals surface area contributed by atoms with Gasteiger partial charge in [0.05, 0.1) is 6.61 Å². The first-order chi connectivity index (χ1) is 5.62. The maximum absolute atomic E-state index is 9.00. The molecule has 0 heterocycles. The Labute approximate surface area is 74.2 Å². The number of hydrogen-bond donors (Lipinski definition) is 2. The van der Waals surface area contributed by atoms with Crippen molar-refractivity contribution in [3.05, 3.63) is 0 Å². The van der Waals surface area contributed by atoms with Crippen LogP contribution in [0, 0.1) is 5.41 Å². The Bertz CT molecular complexity index is 89.1. The average molecular weight is 180 g/mol. The molecule has 0 bridgehead atoms. The highest BCUT2D eigenvalue weighted by Crippen LogP contribution is 2.12. The molecule has 0 aromatic carbocycles. The Morgan fingerprint density at radius 3 is 2.17 bits per heavy atom. The number of hydrogen-bond acceptors (Lipinski definition) is 3. The van der Waals surface area contributed by atoms with Gasteiger partial charge in [-0.1, -0.05) is 20.8 Å². The van der Waals surface area contributed by atoms with Crippen LogP contribution in [0.1, 0.15) is 27.2 Å². The summed E-state index contributed by atoms with van der Waals surface area (Å²) >= 11 is 0. The zero-order chi connectivity index (χ0) is 10.0. The Balaban J connectivity index is 0. The minimum atomic E-state index is 0.148. The predicted molar refractivity (Wildman–Crippen MR) is 49.2 cm³/mol. The SMILES string of the molecule is CCCOCC(C)(C)CN.NF. The summed E-state index contributed by atoms with van der Waals surface area (Å²) in [6, 6.07) is 0. The third-order valence-electron chi connectivity index (χ3n) is 1.39. The lowest BCUT2D eigenvalue weighted by Crippen LogP contribution is -2.28. The topological polar surface area (TPSA) is 61.3 Å². The van der Waals surface area contributed by atoms with Crippen molar-refractivity contribution >= 4 is 0 Å². The van der Waals surface area contributed by atoms with Crippen LogP contribution in [-0.4, -0.2) is 19.8 Å². The summed E-state index contributed by atoms with van der Waals surface area (Å²) < 4.78 is 14.4. The second kappa shape index (κ2) is 8.90. The summed E-state index contributed by atoms with van der Waals surface area (Å²) in [6.45, 7) is 8.65. The minimum Gasteiger partial charge on any atom is -0.381 e. The van der Waals surface area contributed by atoms with Crippen molar-refractivity contribution in [2.75, 3.05) is 19.8 Å². The van der Waals surface area contributed by atoms with Crippen LogP contribution in [0.5, 0.6) is 0 Å². The zero-order valence-corrected chi connectivity index (χ0v) is 8.27. The Kier molecular flexibility index (Phi) is 10.6. The second-order valence-corrected chi connectivity index (χ2v) is 3.42. The number of halogens is 1. The third-order valence-corrected chi connectivity index (χ3v) is 1.39. The molecule has 0 saturated heterocycles. The molecule has 0 amide bonds. The lowest BCUT2D eigenvalue weighted by atomic mass is 9.95. The quantitative estimate of drug-likeness (QED) is 0.494. The number of rotatable bonds is 5. The normalized spacial score (nSPS) is 10.5. The first-order valence-electron chi connectivity index (χ1n) is 4.12. The number of ether oxygens (including phenoxy) is 1. The van der Waals surface area contributed by atoms with E-state index in [-0.39, 0.29) is 5.41 Å². The van der Waals surface area contributed by atoms with E-state index in [2.05, 4.69) is 26.7 Å². The van der Waals surface area contributed by atoms with Crippen LogP contribution < -0.4 is 11.7 Å². The van der Waals surface area contributed by atoms with Gasteiger partial charge in [-0.15, -0.1) is 4.48 Å². The van der Waals surface area contributed by atoms with Gasteiger partial charge in [0, 0.05) is 12.0 Å². The fraction of sp³-hybridized carbons (Fsp3) is 1.00. The van der Waals surface area contributed by atoms with E-state index >= 15 is 0 Å². The standard InChI is InChI=1S/C8H19NO.FH2N/c1-4-5-10-7-8(2,3)6-9;1-2/h4-7,9H2,1-3H3;2H2. The Hall–Kier alpha value is -0.190. The van der Waals surface area contributed by atoms with Crippen LogP contribution in [0.3, 0.4) is 0 Å². The highest BCUT2D eigenvalue weighted by Gasteiger charge is 2.14. The summed E-state index contributed by atoms with van der Waals surface area (Å²) in [6.07, 6.45) is 1.08. The Morgan fingerprint density at radius 1 is 1.33 bits per heavy atom. The van der Waals surface area contributed by atoms with Crippen LogP contribution >= 0.6 is 0 Å². The molecular weight excluding hydrogens is 159 g/mol. The molecule has 0 atom stereocenters. The average Bonchev–Trinajstić information content (AvgIpc) is 2.09. The van der Waals surface area contributed by atoms with Gasteiger partial charge >= 0.3 is 0 Å². The monoisotopic (exact) mass is 180 g/mol. The molecule has 76 valence electrons. The molecule has 0 radical (unpaired) electrons. The molecule has 0 aromatic heterocycles. The van der Waals surface area contributed by atoms with Crippen molar-refractivity contribution in [3.8, 4) is 0 Å². The molecule has 0 spiro atoms. The van der Waals surface area contributed by atoms with Gasteiger partial charge in [-0.05, 0) is 13.0 Å². The van der Waals surface area contributed by atoms with E-state index in [4.69, 9.17) is 15.0 Å². The molecule has 0 aliphatic heterocycles. The van der Waals surface area contributed by atoms with E-state index in [1.807, 2.05) is 0 Å². The van der Waals surface area contributed by atoms with Gasteiger partial charge in [-0.3, -0.25) is 0 Å². The largest absolute Gasteiger partial charge is 0.381 e. The Morgan fingerprint density at radius 2 is 1.83 bits per heavy atom. The summed E-state index contributed by atoms with van der Waals surface area (Å²) in [5.74, 6) is 3.00. The van der Waals surface area contributed by atoms with Gasteiger partial charge in [0.15, 0.2) is 0 Å². The van der Waals surface area contributed by atoms with E-state index in [0.29, 0.717) is 6.54 Å². The summed E-state index contributed by atoms with van der Waals surface area (Å²) in [5.41, 5.74) is 5.66. The first-order valence-corrected chi connectivity index (χ1v) is 4.12. The van der Waals surface area contributed by atoms with Crippen LogP contribution in [0.4, 0.5) is 4.48 Å². The highest BCUT2D eigenvalue weighted by atomic mass is 19.2. The van der Waals surface area contributed by atoms with Crippen molar-refractivity contribution in [2.45, 2.75) is 27.2 Å². The first kappa shape index (κ1) is 14.3. The van der Waals surface area contributed by atoms with E-state index in [9.17, 15) is 0 Å². The third kappa shape index (κ3) is 9.81. The van der Waals surface area contributed by atoms with E-state index in [1.165, 1.54) is 0 Å². The van der Waals surface area contributed by atoms with Crippen LogP contribution in [0.15, 0.2) is 0 Å². The van der Waals surface area contributed by atoms with E-state index in [1.54, 1.807) is 0 Å². The highest BCUT2D eigenvalue weighted by molar-refractivity contribution is 4.67. The molecule has 4 N–H and O–H groups in total. The fourth-order valence-corrected chi connectivity index (χ4v) is 0.552. The smallest absolute Gasteiger partial charge is 0.0529 e. The molecule has 12 heavy (non-hydrogen) atoms. The number of nitrogens with two attached hydrogens (primary N) is 2. The van der Waals surface area contributed by atoms with Crippen molar-refractivity contribution < 1.29 is 9.22 Å². The van der Waals surface area contributed by atoms with Gasteiger partial charge in [-0.2, -0.15) is 5.96 Å². The molecule has 0 aliphatic rings. The van der Waals surface area contributed by atoms with Crippen molar-refractivity contribution in [2.24, 2.45) is 17.1 Å². The van der Waals surface area contributed by atoms with Crippen LogP contribution in [0.25, 0.3) is 0 Å². The second-order valence-electron chi connectivity index (χ2n) is 3.42. The van der Waals surface area contributed by atoms with Crippen LogP contribution in [-0.2, 0) is 4.74 Å². The maximum atomic E-state index is 9.00. The zero-order valence-electron chi connectivity index (χ0n) is 8.27. The predicted octanol–water partition coefficient (Wildman–Crippen LogP) is 1.23. The molecule has 3 nitrogen and oxygen atoms in total. The van der Waals surface area contributed by atoms with E-state index in [0.717, 1.165) is 19.6 Å². The molecule has 0 rings (SSSR count). The lowest BCUT2D eigenvalue weighted by molar-refractivity contribution is 0.0669. The van der Waals surface area contributed by atoms with Gasteiger partial charge in [0.1, 0.15) is 0 Å². The summed E-state index contributed by atoms with van der Waals surface area (Å²) in [7, 11) is 0. The van der Waals surface area contributed by atoms with Crippen molar-refractivity contribution in [3.63, 3.8) is 0 Å². The molecule has 0 aliphatic carbocycles. The van der Waals surface area contributed by atoms with E-state index < -0.39 is 0 Å². The summed E-state index contributed by atoms with van der Waals surface area (Å²) in [4.78, 5) is 0. The lowest BCUT2D eigenvalue weighted by Gasteiger charge is -2.21. The molecule has 0 saturated carbocycles. The molecule has 0 aromatic rings. The molecule has 0 fully saturated rings. The molecule has 0 unspecified atom stereocenters. The van der Waals surface area contributed by atoms with Crippen molar-refractivity contribution in [1.82, 2.24) is 0 Å². The minimum absolute atomic E-state index is 0.148. The maximum Gasteiger partial charge on any atom is 0.0529 e. The molecular formula is C8H21FN2O. The van der Waals surface area contributed by atoms with Gasteiger partial charge < -0.3 is 10.5 Å². The van der Waals surface area contributed by atoms with Crippen molar-refractivity contribution in [1.29, 1.82) is 0 Å². The van der Waals surface area contributed by atoms with Crippen LogP contribution in [0.2, 0.25) is 0 Å². The summed E-state index contributed by atoms with van der Waals surface area (Å²) in [5, 5.41) is 0. The van der Waals surface area contributed by atoms with Gasteiger partial charge in [0.25, 0.3) is 0 Å². The van der Waals surface area contributed by atoms with Gasteiger partial charge in [0.2, 0.25) is 0 Å². The molecule has 4 heteroatoms.